The van der Waals surface area contributed by atoms with E-state index in [0.29, 0.717) is 17.9 Å². The van der Waals surface area contributed by atoms with E-state index in [1.807, 2.05) is 6.92 Å². The third-order valence-corrected chi connectivity index (χ3v) is 3.74. The van der Waals surface area contributed by atoms with Gasteiger partial charge in [-0.1, -0.05) is 12.1 Å². The molecule has 9 nitrogen and oxygen atoms in total. The summed E-state index contributed by atoms with van der Waals surface area (Å²) >= 11 is 0. The molecule has 0 amide bonds. The van der Waals surface area contributed by atoms with Gasteiger partial charge in [-0.3, -0.25) is 14.2 Å². The summed E-state index contributed by atoms with van der Waals surface area (Å²) in [5.74, 6) is 0.682. The quantitative estimate of drug-likeness (QED) is 0.655. The first-order valence-electron chi connectivity index (χ1n) is 8.00. The van der Waals surface area contributed by atoms with Crippen molar-refractivity contribution in [3.05, 3.63) is 45.1 Å². The van der Waals surface area contributed by atoms with Gasteiger partial charge in [-0.05, 0) is 26.0 Å². The van der Waals surface area contributed by atoms with E-state index in [-0.39, 0.29) is 29.7 Å². The van der Waals surface area contributed by atoms with Crippen molar-refractivity contribution in [1.29, 1.82) is 0 Å². The van der Waals surface area contributed by atoms with Crippen LogP contribution in [0.4, 0.5) is 0 Å². The summed E-state index contributed by atoms with van der Waals surface area (Å²) in [5, 5.41) is 4.38. The number of carbonyl (C=O) groups excluding carboxylic acids is 1. The Morgan fingerprint density at radius 1 is 1.19 bits per heavy atom. The molecule has 3 rings (SSSR count). The maximum absolute atomic E-state index is 12.4. The van der Waals surface area contributed by atoms with Gasteiger partial charge in [0.15, 0.2) is 23.1 Å². The smallest absolute Gasteiger partial charge is 0.352 e. The summed E-state index contributed by atoms with van der Waals surface area (Å²) in [4.78, 5) is 43.7. The first kappa shape index (κ1) is 17.5. The molecule has 0 unspecified atom stereocenters. The van der Waals surface area contributed by atoms with Gasteiger partial charge in [0.25, 0.3) is 5.56 Å². The summed E-state index contributed by atoms with van der Waals surface area (Å²) < 4.78 is 7.87. The second-order valence-electron chi connectivity index (χ2n) is 5.67. The first-order chi connectivity index (χ1) is 12.4. The zero-order chi connectivity index (χ0) is 18.8. The fourth-order valence-electron chi connectivity index (χ4n) is 2.42. The van der Waals surface area contributed by atoms with Crippen molar-refractivity contribution >= 4 is 5.78 Å². The SMILES string of the molecule is CCn1nc(-c2ccccc2OCC(C)=O)nc2c(=O)n(C)c(=O)nc1-2. The molecule has 2 aliphatic heterocycles. The Morgan fingerprint density at radius 3 is 2.62 bits per heavy atom. The number of ketones is 1. The van der Waals surface area contributed by atoms with Gasteiger partial charge in [-0.15, -0.1) is 0 Å². The summed E-state index contributed by atoms with van der Waals surface area (Å²) in [6.07, 6.45) is 0. The van der Waals surface area contributed by atoms with Gasteiger partial charge >= 0.3 is 5.69 Å². The van der Waals surface area contributed by atoms with Crippen molar-refractivity contribution in [3.63, 3.8) is 0 Å². The topological polar surface area (TPSA) is 109 Å². The molecular weight excluding hydrogens is 338 g/mol. The summed E-state index contributed by atoms with van der Waals surface area (Å²) in [7, 11) is 1.35. The molecule has 0 fully saturated rings. The maximum Gasteiger partial charge on any atom is 0.352 e. The zero-order valence-corrected chi connectivity index (χ0v) is 14.6. The molecule has 1 aromatic rings. The standard InChI is InChI=1S/C17H17N5O4/c1-4-22-15-13(16(24)21(3)17(25)19-15)18-14(20-22)11-7-5-6-8-12(11)26-9-10(2)23/h5-8H,4,9H2,1-3H3. The lowest BCUT2D eigenvalue weighted by molar-refractivity contribution is -0.118. The Morgan fingerprint density at radius 2 is 1.92 bits per heavy atom. The van der Waals surface area contributed by atoms with Crippen molar-refractivity contribution < 1.29 is 9.53 Å². The molecule has 1 aromatic carbocycles. The molecule has 0 N–H and O–H groups in total. The number of carbonyl (C=O) groups is 1. The van der Waals surface area contributed by atoms with Gasteiger partial charge in [-0.25, -0.2) is 14.5 Å². The first-order valence-corrected chi connectivity index (χ1v) is 8.00. The van der Waals surface area contributed by atoms with Crippen molar-refractivity contribution in [2.45, 2.75) is 20.4 Å². The number of rotatable bonds is 5. The molecule has 0 bridgehead atoms. The molecule has 2 aliphatic rings. The van der Waals surface area contributed by atoms with E-state index in [4.69, 9.17) is 4.74 Å². The number of hydrogen-bond donors (Lipinski definition) is 0. The number of para-hydroxylation sites is 1. The van der Waals surface area contributed by atoms with E-state index in [1.165, 1.54) is 18.7 Å². The fraction of sp³-hybridized carbons (Fsp3) is 0.294. The summed E-state index contributed by atoms with van der Waals surface area (Å²) in [6.45, 7) is 3.55. The van der Waals surface area contributed by atoms with Crippen LogP contribution in [-0.4, -0.2) is 36.7 Å². The Balaban J connectivity index is 2.25. The van der Waals surface area contributed by atoms with Crippen LogP contribution >= 0.6 is 0 Å². The molecule has 0 saturated carbocycles. The third kappa shape index (κ3) is 3.10. The van der Waals surface area contributed by atoms with Crippen molar-refractivity contribution in [1.82, 2.24) is 24.3 Å². The molecule has 0 radical (unpaired) electrons. The Labute approximate surface area is 148 Å². The number of nitrogens with zero attached hydrogens (tertiary/aromatic N) is 5. The highest BCUT2D eigenvalue weighted by atomic mass is 16.5. The number of Topliss-reactive ketones (excluding diaryl/α,β-unsaturated/α-hetero) is 1. The number of hydrogen-bond acceptors (Lipinski definition) is 7. The number of fused-ring (bicyclic) bond motifs is 1. The molecule has 2 heterocycles. The van der Waals surface area contributed by atoms with Crippen molar-refractivity contribution in [3.8, 4) is 28.7 Å². The molecule has 26 heavy (non-hydrogen) atoms. The van der Waals surface area contributed by atoms with Crippen LogP contribution in [0.2, 0.25) is 0 Å². The van der Waals surface area contributed by atoms with Crippen molar-refractivity contribution in [2.24, 2.45) is 7.05 Å². The highest BCUT2D eigenvalue weighted by molar-refractivity contribution is 5.77. The van der Waals surface area contributed by atoms with Gasteiger partial charge in [0, 0.05) is 13.6 Å². The number of aromatic nitrogens is 5. The highest BCUT2D eigenvalue weighted by Gasteiger charge is 2.21. The van der Waals surface area contributed by atoms with Crippen LogP contribution in [0.15, 0.2) is 33.9 Å². The lowest BCUT2D eigenvalue weighted by Crippen LogP contribution is -2.37. The third-order valence-electron chi connectivity index (χ3n) is 3.74. The lowest BCUT2D eigenvalue weighted by Gasteiger charge is -2.15. The average molecular weight is 355 g/mol. The largest absolute Gasteiger partial charge is 0.485 e. The van der Waals surface area contributed by atoms with E-state index < -0.39 is 11.2 Å². The van der Waals surface area contributed by atoms with E-state index in [0.717, 1.165) is 4.57 Å². The fourth-order valence-corrected chi connectivity index (χ4v) is 2.42. The van der Waals surface area contributed by atoms with Gasteiger partial charge in [-0.2, -0.15) is 10.1 Å². The minimum atomic E-state index is -0.661. The van der Waals surface area contributed by atoms with Crippen LogP contribution < -0.4 is 16.0 Å². The molecule has 134 valence electrons. The summed E-state index contributed by atoms with van der Waals surface area (Å²) in [6, 6.07) is 6.96. The minimum Gasteiger partial charge on any atom is -0.485 e. The van der Waals surface area contributed by atoms with Crippen LogP contribution in [0.5, 0.6) is 5.75 Å². The van der Waals surface area contributed by atoms with Gasteiger partial charge in [0.05, 0.1) is 5.56 Å². The Kier molecular flexibility index (Phi) is 4.61. The molecule has 9 heteroatoms. The second kappa shape index (κ2) is 6.87. The zero-order valence-electron chi connectivity index (χ0n) is 14.6. The summed E-state index contributed by atoms with van der Waals surface area (Å²) in [5.41, 5.74) is -0.634. The van der Waals surface area contributed by atoms with Crippen LogP contribution in [0.3, 0.4) is 0 Å². The molecule has 0 spiro atoms. The Bertz CT molecular complexity index is 1070. The van der Waals surface area contributed by atoms with E-state index in [2.05, 4.69) is 15.1 Å². The Hall–Kier alpha value is -3.36. The molecule has 0 aliphatic carbocycles. The second-order valence-corrected chi connectivity index (χ2v) is 5.67. The van der Waals surface area contributed by atoms with Gasteiger partial charge in [0.2, 0.25) is 0 Å². The molecule has 0 atom stereocenters. The van der Waals surface area contributed by atoms with Crippen LogP contribution in [-0.2, 0) is 18.4 Å². The predicted molar refractivity (Wildman–Crippen MR) is 93.2 cm³/mol. The molecular formula is C17H17N5O4. The average Bonchev–Trinajstić information content (AvgIpc) is 2.64. The monoisotopic (exact) mass is 355 g/mol. The van der Waals surface area contributed by atoms with E-state index in [1.54, 1.807) is 24.3 Å². The lowest BCUT2D eigenvalue weighted by atomic mass is 10.2. The predicted octanol–water partition coefficient (Wildman–Crippen LogP) is 0.491. The normalized spacial score (nSPS) is 10.9. The minimum absolute atomic E-state index is 0.0420. The van der Waals surface area contributed by atoms with Gasteiger partial charge < -0.3 is 4.74 Å². The van der Waals surface area contributed by atoms with E-state index >= 15 is 0 Å². The molecule has 0 saturated heterocycles. The molecule has 0 aromatic heterocycles. The van der Waals surface area contributed by atoms with Crippen molar-refractivity contribution in [2.75, 3.05) is 6.61 Å². The highest BCUT2D eigenvalue weighted by Crippen LogP contribution is 2.28. The number of ether oxygens (including phenoxy) is 1. The number of aryl methyl sites for hydroxylation is 1. The van der Waals surface area contributed by atoms with Gasteiger partial charge in [0.1, 0.15) is 12.4 Å². The van der Waals surface area contributed by atoms with E-state index in [9.17, 15) is 14.4 Å². The maximum atomic E-state index is 12.4. The van der Waals surface area contributed by atoms with Crippen LogP contribution in [0.25, 0.3) is 22.9 Å². The van der Waals surface area contributed by atoms with Crippen LogP contribution in [0.1, 0.15) is 13.8 Å². The van der Waals surface area contributed by atoms with Crippen LogP contribution in [0, 0.1) is 0 Å². The number of benzene rings is 1.